The first-order chi connectivity index (χ1) is 19.7. The summed E-state index contributed by atoms with van der Waals surface area (Å²) in [4.78, 5) is 29.1. The zero-order chi connectivity index (χ0) is 29.4. The lowest BCUT2D eigenvalue weighted by Crippen LogP contribution is -2.54. The lowest BCUT2D eigenvalue weighted by Gasteiger charge is -2.33. The molecule has 0 saturated heterocycles. The molecule has 1 saturated carbocycles. The van der Waals surface area contributed by atoms with Crippen molar-refractivity contribution in [3.8, 4) is 0 Å². The monoisotopic (exact) mass is 615 g/mol. The number of hydrogen-bond acceptors (Lipinski definition) is 4. The van der Waals surface area contributed by atoms with Gasteiger partial charge in [-0.3, -0.25) is 13.9 Å². The maximum Gasteiger partial charge on any atom is 0.264 e. The molecule has 2 amide bonds. The Labute approximate surface area is 252 Å². The highest BCUT2D eigenvalue weighted by Crippen LogP contribution is 2.31. The number of nitrogens with one attached hydrogen (secondary N) is 1. The first kappa shape index (κ1) is 30.9. The van der Waals surface area contributed by atoms with Crippen molar-refractivity contribution in [3.05, 3.63) is 94.5 Å². The molecule has 0 unspecified atom stereocenters. The van der Waals surface area contributed by atoms with Gasteiger partial charge >= 0.3 is 0 Å². The zero-order valence-corrected chi connectivity index (χ0v) is 25.3. The molecule has 0 spiro atoms. The molecule has 3 aromatic carbocycles. The number of amides is 2. The predicted octanol–water partition coefficient (Wildman–Crippen LogP) is 6.10. The first-order valence-electron chi connectivity index (χ1n) is 13.9. The minimum absolute atomic E-state index is 0.0284. The van der Waals surface area contributed by atoms with Gasteiger partial charge in [-0.1, -0.05) is 91.5 Å². The molecule has 218 valence electrons. The van der Waals surface area contributed by atoms with E-state index < -0.39 is 28.5 Å². The van der Waals surface area contributed by atoms with Crippen molar-refractivity contribution >= 4 is 50.7 Å². The van der Waals surface area contributed by atoms with E-state index in [-0.39, 0.29) is 39.1 Å². The van der Waals surface area contributed by atoms with Gasteiger partial charge in [-0.15, -0.1) is 0 Å². The quantitative estimate of drug-likeness (QED) is 0.267. The first-order valence-corrected chi connectivity index (χ1v) is 16.1. The minimum Gasteiger partial charge on any atom is -0.352 e. The van der Waals surface area contributed by atoms with Crippen LogP contribution in [0.3, 0.4) is 0 Å². The highest BCUT2D eigenvalue weighted by Gasteiger charge is 2.34. The van der Waals surface area contributed by atoms with Gasteiger partial charge < -0.3 is 10.2 Å². The molecule has 0 aliphatic heterocycles. The smallest absolute Gasteiger partial charge is 0.264 e. The summed E-state index contributed by atoms with van der Waals surface area (Å²) in [5.74, 6) is -0.701. The summed E-state index contributed by atoms with van der Waals surface area (Å²) in [7, 11) is -4.17. The SMILES string of the molecule is CC[C@H](C(=O)NC1CCCC1)N(CCc1ccccc1)C(=O)CN(c1ccc(Cl)c(Cl)c1)S(=O)(=O)c1ccccc1. The van der Waals surface area contributed by atoms with Crippen molar-refractivity contribution in [2.75, 3.05) is 17.4 Å². The van der Waals surface area contributed by atoms with Crippen LogP contribution < -0.4 is 9.62 Å². The zero-order valence-electron chi connectivity index (χ0n) is 23.0. The number of carbonyl (C=O) groups is 2. The standard InChI is InChI=1S/C31H35Cl2N3O4S/c1-2-29(31(38)34-24-13-9-10-14-24)35(20-19-23-11-5-3-6-12-23)30(37)22-36(25-17-18-27(32)28(33)21-25)41(39,40)26-15-7-4-8-16-26/h3-8,11-12,15-18,21,24,29H,2,9-10,13-14,19-20,22H2,1H3,(H,34,38)/t29-/m1/s1. The third kappa shape index (κ3) is 7.82. The van der Waals surface area contributed by atoms with Crippen LogP contribution in [0.1, 0.15) is 44.6 Å². The molecule has 1 fully saturated rings. The predicted molar refractivity (Wildman–Crippen MR) is 164 cm³/mol. The maximum absolute atomic E-state index is 14.1. The Morgan fingerprint density at radius 3 is 2.17 bits per heavy atom. The van der Waals surface area contributed by atoms with Crippen LogP contribution >= 0.6 is 23.2 Å². The fraction of sp³-hybridized carbons (Fsp3) is 0.355. The average molecular weight is 617 g/mol. The van der Waals surface area contributed by atoms with Gasteiger partial charge in [-0.2, -0.15) is 0 Å². The van der Waals surface area contributed by atoms with Gasteiger partial charge in [0.15, 0.2) is 0 Å². The van der Waals surface area contributed by atoms with Crippen LogP contribution in [0.15, 0.2) is 83.8 Å². The second-order valence-electron chi connectivity index (χ2n) is 10.2. The van der Waals surface area contributed by atoms with Crippen LogP contribution in [-0.2, 0) is 26.0 Å². The number of rotatable bonds is 12. The molecule has 41 heavy (non-hydrogen) atoms. The third-order valence-corrected chi connectivity index (χ3v) is 9.90. The van der Waals surface area contributed by atoms with Crippen LogP contribution in [0, 0.1) is 0 Å². The molecule has 7 nitrogen and oxygen atoms in total. The van der Waals surface area contributed by atoms with Gasteiger partial charge in [-0.25, -0.2) is 8.42 Å². The molecular formula is C31H35Cl2N3O4S. The summed E-state index contributed by atoms with van der Waals surface area (Å²) < 4.78 is 28.8. The number of halogens is 2. The van der Waals surface area contributed by atoms with E-state index in [1.807, 2.05) is 37.3 Å². The Balaban J connectivity index is 1.68. The summed E-state index contributed by atoms with van der Waals surface area (Å²) in [6.45, 7) is 1.59. The molecule has 10 heteroatoms. The van der Waals surface area contributed by atoms with Gasteiger partial charge in [-0.05, 0) is 61.6 Å². The van der Waals surface area contributed by atoms with E-state index in [0.717, 1.165) is 35.6 Å². The van der Waals surface area contributed by atoms with Gasteiger partial charge in [0, 0.05) is 12.6 Å². The van der Waals surface area contributed by atoms with Crippen molar-refractivity contribution in [3.63, 3.8) is 0 Å². The number of nitrogens with zero attached hydrogens (tertiary/aromatic N) is 2. The molecule has 0 radical (unpaired) electrons. The van der Waals surface area contributed by atoms with Gasteiger partial charge in [0.2, 0.25) is 11.8 Å². The van der Waals surface area contributed by atoms with Crippen LogP contribution in [0.2, 0.25) is 10.0 Å². The fourth-order valence-electron chi connectivity index (χ4n) is 5.15. The van der Waals surface area contributed by atoms with E-state index >= 15 is 0 Å². The van der Waals surface area contributed by atoms with Crippen LogP contribution in [-0.4, -0.2) is 50.3 Å². The Kier molecular flexibility index (Phi) is 10.7. The molecule has 1 aliphatic carbocycles. The Morgan fingerprint density at radius 2 is 1.56 bits per heavy atom. The van der Waals surface area contributed by atoms with E-state index in [1.165, 1.54) is 35.2 Å². The van der Waals surface area contributed by atoms with Crippen molar-refractivity contribution < 1.29 is 18.0 Å². The Hall–Kier alpha value is -3.07. The third-order valence-electron chi connectivity index (χ3n) is 7.37. The molecule has 1 N–H and O–H groups in total. The van der Waals surface area contributed by atoms with Crippen molar-refractivity contribution in [1.82, 2.24) is 10.2 Å². The maximum atomic E-state index is 14.1. The molecular weight excluding hydrogens is 581 g/mol. The normalized spacial score (nSPS) is 14.4. The van der Waals surface area contributed by atoms with Gasteiger partial charge in [0.25, 0.3) is 10.0 Å². The van der Waals surface area contributed by atoms with E-state index in [2.05, 4.69) is 5.32 Å². The number of anilines is 1. The van der Waals surface area contributed by atoms with Crippen molar-refractivity contribution in [2.24, 2.45) is 0 Å². The number of hydrogen-bond donors (Lipinski definition) is 1. The largest absolute Gasteiger partial charge is 0.352 e. The summed E-state index contributed by atoms with van der Waals surface area (Å²) in [5.41, 5.74) is 1.21. The van der Waals surface area contributed by atoms with Crippen LogP contribution in [0.5, 0.6) is 0 Å². The van der Waals surface area contributed by atoms with Crippen molar-refractivity contribution in [2.45, 2.75) is 62.4 Å². The summed E-state index contributed by atoms with van der Waals surface area (Å²) in [6, 6.07) is 21.4. The Morgan fingerprint density at radius 1 is 0.927 bits per heavy atom. The van der Waals surface area contributed by atoms with E-state index in [9.17, 15) is 18.0 Å². The van der Waals surface area contributed by atoms with Crippen LogP contribution in [0.4, 0.5) is 5.69 Å². The number of benzene rings is 3. The lowest BCUT2D eigenvalue weighted by molar-refractivity contribution is -0.139. The second-order valence-corrected chi connectivity index (χ2v) is 12.8. The topological polar surface area (TPSA) is 86.8 Å². The molecule has 0 aromatic heterocycles. The molecule has 4 rings (SSSR count). The molecule has 3 aromatic rings. The van der Waals surface area contributed by atoms with E-state index in [1.54, 1.807) is 18.2 Å². The number of carbonyl (C=O) groups excluding carboxylic acids is 2. The summed E-state index contributed by atoms with van der Waals surface area (Å²) in [6.07, 6.45) is 4.86. The van der Waals surface area contributed by atoms with Gasteiger partial charge in [0.05, 0.1) is 20.6 Å². The minimum atomic E-state index is -4.17. The second kappa shape index (κ2) is 14.2. The average Bonchev–Trinajstić information content (AvgIpc) is 3.49. The van der Waals surface area contributed by atoms with Crippen LogP contribution in [0.25, 0.3) is 0 Å². The molecule has 1 aliphatic rings. The number of sulfonamides is 1. The summed E-state index contributed by atoms with van der Waals surface area (Å²) >= 11 is 12.4. The molecule has 0 heterocycles. The highest BCUT2D eigenvalue weighted by molar-refractivity contribution is 7.92. The summed E-state index contributed by atoms with van der Waals surface area (Å²) in [5, 5.41) is 3.54. The van der Waals surface area contributed by atoms with Gasteiger partial charge in [0.1, 0.15) is 12.6 Å². The van der Waals surface area contributed by atoms with Crippen molar-refractivity contribution in [1.29, 1.82) is 0 Å². The molecule has 0 bridgehead atoms. The highest BCUT2D eigenvalue weighted by atomic mass is 35.5. The molecule has 1 atom stereocenters. The fourth-order valence-corrected chi connectivity index (χ4v) is 6.87. The van der Waals surface area contributed by atoms with E-state index in [4.69, 9.17) is 23.2 Å². The Bertz CT molecular complexity index is 1430. The lowest BCUT2D eigenvalue weighted by atomic mass is 10.1. The van der Waals surface area contributed by atoms with E-state index in [0.29, 0.717) is 12.8 Å².